The number of aryl methyl sites for hydroxylation is 1. The normalized spacial score (nSPS) is 16.7. The predicted octanol–water partition coefficient (Wildman–Crippen LogP) is 6.33. The monoisotopic (exact) mass is 505 g/mol. The van der Waals surface area contributed by atoms with Crippen molar-refractivity contribution in [1.29, 1.82) is 5.26 Å². The van der Waals surface area contributed by atoms with E-state index in [1.165, 1.54) is 11.6 Å². The number of hydrazone groups is 1. The summed E-state index contributed by atoms with van der Waals surface area (Å²) < 4.78 is 19.7. The molecule has 0 saturated heterocycles. The quantitative estimate of drug-likeness (QED) is 0.293. The van der Waals surface area contributed by atoms with Gasteiger partial charge in [0.05, 0.1) is 31.3 Å². The summed E-state index contributed by atoms with van der Waals surface area (Å²) in [4.78, 5) is 8.73. The maximum atomic E-state index is 14.5. The second-order valence-electron chi connectivity index (χ2n) is 9.45. The average molecular weight is 506 g/mol. The third-order valence-electron chi connectivity index (χ3n) is 7.06. The Morgan fingerprint density at radius 1 is 1.03 bits per heavy atom. The van der Waals surface area contributed by atoms with Crippen LogP contribution in [0.25, 0.3) is 11.1 Å². The number of rotatable bonds is 7. The standard InChI is InChI=1S/C31H28FN5O/c1-20-17-24(27-19-26(38-3)11-12-28(27)32)8-7-23(20)18-22-5-9-25(10-6-22)37-29(13-14-33)21(2)30(36-37)31-34-15-4-16-35-31/h4-12,15-17,19,21,29H,13,18H2,1-3H3. The van der Waals surface area contributed by atoms with Crippen molar-refractivity contribution in [2.75, 3.05) is 12.1 Å². The number of ether oxygens (including phenoxy) is 1. The minimum Gasteiger partial charge on any atom is -0.497 e. The van der Waals surface area contributed by atoms with Crippen LogP contribution in [0, 0.1) is 30.0 Å². The van der Waals surface area contributed by atoms with Gasteiger partial charge in [-0.1, -0.05) is 37.3 Å². The van der Waals surface area contributed by atoms with Gasteiger partial charge >= 0.3 is 0 Å². The fourth-order valence-corrected chi connectivity index (χ4v) is 4.86. The van der Waals surface area contributed by atoms with Crippen LogP contribution in [0.15, 0.2) is 84.2 Å². The van der Waals surface area contributed by atoms with E-state index in [0.29, 0.717) is 23.6 Å². The lowest BCUT2D eigenvalue weighted by atomic mass is 9.94. The van der Waals surface area contributed by atoms with Gasteiger partial charge in [-0.2, -0.15) is 10.4 Å². The van der Waals surface area contributed by atoms with Crippen molar-refractivity contribution in [2.45, 2.75) is 32.7 Å². The van der Waals surface area contributed by atoms with Crippen molar-refractivity contribution in [2.24, 2.45) is 11.0 Å². The predicted molar refractivity (Wildman–Crippen MR) is 147 cm³/mol. The van der Waals surface area contributed by atoms with Crippen LogP contribution in [0.3, 0.4) is 0 Å². The molecule has 0 N–H and O–H groups in total. The molecule has 0 fully saturated rings. The molecule has 0 bridgehead atoms. The van der Waals surface area contributed by atoms with E-state index in [1.54, 1.807) is 37.7 Å². The largest absolute Gasteiger partial charge is 0.497 e. The number of nitriles is 1. The van der Waals surface area contributed by atoms with Crippen molar-refractivity contribution < 1.29 is 9.13 Å². The van der Waals surface area contributed by atoms with Crippen LogP contribution in [-0.2, 0) is 6.42 Å². The lowest BCUT2D eigenvalue weighted by Gasteiger charge is -2.24. The number of hydrogen-bond donors (Lipinski definition) is 0. The molecule has 5 rings (SSSR count). The van der Waals surface area contributed by atoms with E-state index in [-0.39, 0.29) is 17.8 Å². The Morgan fingerprint density at radius 2 is 1.79 bits per heavy atom. The molecule has 0 aliphatic carbocycles. The Kier molecular flexibility index (Phi) is 7.14. The van der Waals surface area contributed by atoms with E-state index in [0.717, 1.165) is 34.5 Å². The molecule has 0 saturated carbocycles. The van der Waals surface area contributed by atoms with Gasteiger partial charge in [0.2, 0.25) is 0 Å². The molecule has 2 unspecified atom stereocenters. The molecule has 3 aromatic carbocycles. The van der Waals surface area contributed by atoms with Gasteiger partial charge in [0.15, 0.2) is 5.82 Å². The summed E-state index contributed by atoms with van der Waals surface area (Å²) in [6.07, 6.45) is 4.51. The molecule has 1 aromatic heterocycles. The summed E-state index contributed by atoms with van der Waals surface area (Å²) in [5.74, 6) is 0.964. The molecule has 2 atom stereocenters. The van der Waals surface area contributed by atoms with Gasteiger partial charge in [0, 0.05) is 23.9 Å². The van der Waals surface area contributed by atoms with Crippen molar-refractivity contribution in [3.63, 3.8) is 0 Å². The van der Waals surface area contributed by atoms with E-state index < -0.39 is 0 Å². The molecule has 1 aliphatic heterocycles. The highest BCUT2D eigenvalue weighted by molar-refractivity contribution is 6.01. The van der Waals surface area contributed by atoms with E-state index in [2.05, 4.69) is 41.2 Å². The topological polar surface area (TPSA) is 74.4 Å². The van der Waals surface area contributed by atoms with Crippen molar-refractivity contribution in [3.8, 4) is 22.9 Å². The van der Waals surface area contributed by atoms with E-state index in [4.69, 9.17) is 9.84 Å². The summed E-state index contributed by atoms with van der Waals surface area (Å²) in [5.41, 5.74) is 6.47. The SMILES string of the molecule is COc1ccc(F)c(-c2ccc(Cc3ccc(N4N=C(c5ncccn5)C(C)C4CC#N)cc3)c(C)c2)c1. The fourth-order valence-electron chi connectivity index (χ4n) is 4.86. The highest BCUT2D eigenvalue weighted by atomic mass is 19.1. The zero-order chi connectivity index (χ0) is 26.6. The van der Waals surface area contributed by atoms with Crippen LogP contribution in [-0.4, -0.2) is 28.8 Å². The third kappa shape index (κ3) is 4.98. The molecule has 6 nitrogen and oxygen atoms in total. The fraction of sp³-hybridized carbons (Fsp3) is 0.226. The van der Waals surface area contributed by atoms with Crippen LogP contribution in [0.5, 0.6) is 5.75 Å². The first-order chi connectivity index (χ1) is 18.5. The van der Waals surface area contributed by atoms with E-state index in [9.17, 15) is 9.65 Å². The van der Waals surface area contributed by atoms with Crippen LogP contribution < -0.4 is 9.75 Å². The first-order valence-corrected chi connectivity index (χ1v) is 12.5. The van der Waals surface area contributed by atoms with Crippen LogP contribution in [0.4, 0.5) is 10.1 Å². The molecule has 2 heterocycles. The van der Waals surface area contributed by atoms with E-state index in [1.807, 2.05) is 36.2 Å². The van der Waals surface area contributed by atoms with Gasteiger partial charge in [-0.25, -0.2) is 14.4 Å². The van der Waals surface area contributed by atoms with Gasteiger partial charge < -0.3 is 4.74 Å². The summed E-state index contributed by atoms with van der Waals surface area (Å²) in [5, 5.41) is 16.2. The Bertz CT molecular complexity index is 1510. The van der Waals surface area contributed by atoms with Crippen LogP contribution in [0.1, 0.15) is 35.9 Å². The molecule has 38 heavy (non-hydrogen) atoms. The van der Waals surface area contributed by atoms with Gasteiger partial charge in [-0.3, -0.25) is 5.01 Å². The van der Waals surface area contributed by atoms with Crippen molar-refractivity contribution in [3.05, 3.63) is 107 Å². The van der Waals surface area contributed by atoms with Gasteiger partial charge in [-0.15, -0.1) is 0 Å². The summed E-state index contributed by atoms with van der Waals surface area (Å²) in [6.45, 7) is 4.11. The lowest BCUT2D eigenvalue weighted by Crippen LogP contribution is -2.32. The summed E-state index contributed by atoms with van der Waals surface area (Å²) >= 11 is 0. The second kappa shape index (κ2) is 10.8. The number of halogens is 1. The smallest absolute Gasteiger partial charge is 0.175 e. The number of benzene rings is 3. The van der Waals surface area contributed by atoms with Crippen LogP contribution >= 0.6 is 0 Å². The third-order valence-corrected chi connectivity index (χ3v) is 7.06. The zero-order valence-corrected chi connectivity index (χ0v) is 21.6. The van der Waals surface area contributed by atoms with E-state index >= 15 is 0 Å². The first-order valence-electron chi connectivity index (χ1n) is 12.5. The van der Waals surface area contributed by atoms with Crippen molar-refractivity contribution >= 4 is 11.4 Å². The van der Waals surface area contributed by atoms with Gasteiger partial charge in [-0.05, 0) is 72.0 Å². The van der Waals surface area contributed by atoms with Gasteiger partial charge in [0.25, 0.3) is 0 Å². The number of nitrogens with zero attached hydrogens (tertiary/aromatic N) is 5. The number of methoxy groups -OCH3 is 1. The van der Waals surface area contributed by atoms with Gasteiger partial charge in [0.1, 0.15) is 17.3 Å². The Hall–Kier alpha value is -4.57. The molecular weight excluding hydrogens is 477 g/mol. The highest BCUT2D eigenvalue weighted by Crippen LogP contribution is 2.33. The summed E-state index contributed by atoms with van der Waals surface area (Å²) in [6, 6.07) is 23.1. The maximum absolute atomic E-state index is 14.5. The number of aromatic nitrogens is 2. The number of anilines is 1. The zero-order valence-electron chi connectivity index (χ0n) is 21.6. The summed E-state index contributed by atoms with van der Waals surface area (Å²) in [7, 11) is 1.58. The molecule has 0 radical (unpaired) electrons. The lowest BCUT2D eigenvalue weighted by molar-refractivity contribution is 0.414. The maximum Gasteiger partial charge on any atom is 0.175 e. The molecule has 0 amide bonds. The first kappa shape index (κ1) is 25.1. The average Bonchev–Trinajstić information content (AvgIpc) is 3.27. The van der Waals surface area contributed by atoms with Crippen LogP contribution in [0.2, 0.25) is 0 Å². The Morgan fingerprint density at radius 3 is 2.47 bits per heavy atom. The molecule has 4 aromatic rings. The molecule has 1 aliphatic rings. The number of hydrogen-bond acceptors (Lipinski definition) is 6. The Balaban J connectivity index is 1.36. The molecule has 190 valence electrons. The minimum atomic E-state index is -0.274. The molecule has 7 heteroatoms. The second-order valence-corrected chi connectivity index (χ2v) is 9.45. The Labute approximate surface area is 222 Å². The minimum absolute atomic E-state index is 0.0207. The van der Waals surface area contributed by atoms with Crippen molar-refractivity contribution in [1.82, 2.24) is 9.97 Å². The molecular formula is C31H28FN5O. The highest BCUT2D eigenvalue weighted by Gasteiger charge is 2.36. The molecule has 0 spiro atoms.